The fourth-order valence-electron chi connectivity index (χ4n) is 5.24. The molecule has 0 bridgehead atoms. The van der Waals surface area contributed by atoms with Gasteiger partial charge < -0.3 is 14.2 Å². The zero-order chi connectivity index (χ0) is 38.1. The summed E-state index contributed by atoms with van der Waals surface area (Å²) in [4.78, 5) is 62.6. The molecule has 0 N–H and O–H groups in total. The molecule has 4 amide bonds. The monoisotopic (exact) mass is 736 g/mol. The molecular formula is C31H18F10N2O8. The van der Waals surface area contributed by atoms with Crippen LogP contribution in [-0.2, 0) is 20.9 Å². The van der Waals surface area contributed by atoms with Gasteiger partial charge >= 0.3 is 30.4 Å². The van der Waals surface area contributed by atoms with Crippen LogP contribution >= 0.6 is 0 Å². The lowest BCUT2D eigenvalue weighted by Crippen LogP contribution is -2.56. The minimum atomic E-state index is -6.52. The van der Waals surface area contributed by atoms with Crippen LogP contribution in [0.1, 0.15) is 62.9 Å². The van der Waals surface area contributed by atoms with Gasteiger partial charge in [-0.25, -0.2) is 4.79 Å². The van der Waals surface area contributed by atoms with Gasteiger partial charge in [-0.2, -0.15) is 43.9 Å². The first kappa shape index (κ1) is 36.7. The van der Waals surface area contributed by atoms with Crippen LogP contribution in [0, 0.1) is 0 Å². The number of benzene rings is 3. The molecule has 2 heterocycles. The van der Waals surface area contributed by atoms with E-state index >= 15 is 4.39 Å². The maximum atomic E-state index is 15.9. The van der Waals surface area contributed by atoms with Crippen LogP contribution < -0.4 is 4.74 Å². The Bertz CT molecular complexity index is 1980. The number of fused-ring (bicyclic) bond motifs is 2. The summed E-state index contributed by atoms with van der Waals surface area (Å²) in [5, 5.41) is 0. The number of hydrogen-bond donors (Lipinski definition) is 0. The second-order valence-electron chi connectivity index (χ2n) is 11.0. The van der Waals surface area contributed by atoms with Crippen molar-refractivity contribution in [3.8, 4) is 5.75 Å². The number of hydrogen-bond acceptors (Lipinski definition) is 8. The summed E-state index contributed by atoms with van der Waals surface area (Å²) in [5.74, 6) is -11.6. The van der Waals surface area contributed by atoms with Gasteiger partial charge in [-0.1, -0.05) is 18.2 Å². The van der Waals surface area contributed by atoms with Gasteiger partial charge in [0.05, 0.1) is 27.8 Å². The van der Waals surface area contributed by atoms with Crippen LogP contribution in [0.5, 0.6) is 5.75 Å². The molecular weight excluding hydrogens is 718 g/mol. The maximum Gasteiger partial charge on any atom is 0.465 e. The van der Waals surface area contributed by atoms with E-state index in [1.54, 1.807) is 0 Å². The fraction of sp³-hybridized carbons (Fsp3) is 0.258. The van der Waals surface area contributed by atoms with Crippen LogP contribution in [-0.4, -0.2) is 78.8 Å². The number of imide groups is 2. The molecule has 0 saturated heterocycles. The predicted molar refractivity (Wildman–Crippen MR) is 147 cm³/mol. The van der Waals surface area contributed by atoms with E-state index in [4.69, 9.17) is 4.74 Å². The molecule has 10 nitrogen and oxygen atoms in total. The maximum absolute atomic E-state index is 15.9. The van der Waals surface area contributed by atoms with Crippen molar-refractivity contribution >= 4 is 29.6 Å². The number of esters is 1. The van der Waals surface area contributed by atoms with Gasteiger partial charge in [0.2, 0.25) is 0 Å². The second kappa shape index (κ2) is 12.1. The number of alkyl halides is 10. The van der Waals surface area contributed by atoms with Gasteiger partial charge in [-0.3, -0.25) is 29.0 Å². The summed E-state index contributed by atoms with van der Waals surface area (Å²) in [6.07, 6.45) is -19.4. The topological polar surface area (TPSA) is 120 Å². The first-order valence-corrected chi connectivity index (χ1v) is 13.9. The van der Waals surface area contributed by atoms with Gasteiger partial charge in [0.1, 0.15) is 5.75 Å². The highest BCUT2D eigenvalue weighted by Crippen LogP contribution is 2.54. The number of carbonyl (C=O) groups excluding carboxylic acids is 5. The fourth-order valence-corrected chi connectivity index (χ4v) is 5.24. The summed E-state index contributed by atoms with van der Waals surface area (Å²) in [5.41, 5.74) is -11.8. The van der Waals surface area contributed by atoms with E-state index < -0.39 is 100 Å². The molecule has 3 aromatic rings. The molecule has 0 fully saturated rings. The molecule has 1 unspecified atom stereocenters. The standard InChI is InChI=1S/C31H18F10N2O8/c1-42-22(44)18-8-6-14(10-20(18)24(42)46)26(48)51-28(32,31(39,40)41)16-5-3-4-15(11-16)27(29(33,34)35,30(36,37)38)50-13-49-17-7-9-19-21(12-17)25(47)43(2)23(19)45/h3-12H,13H2,1-2H3. The zero-order valence-electron chi connectivity index (χ0n) is 25.4. The first-order valence-electron chi connectivity index (χ1n) is 13.9. The van der Waals surface area contributed by atoms with Crippen LogP contribution in [0.2, 0.25) is 0 Å². The Kier molecular flexibility index (Phi) is 8.69. The molecule has 20 heteroatoms. The van der Waals surface area contributed by atoms with Crippen molar-refractivity contribution in [1.82, 2.24) is 9.80 Å². The number of halogens is 10. The highest BCUT2D eigenvalue weighted by molar-refractivity contribution is 6.22. The highest BCUT2D eigenvalue weighted by Gasteiger charge is 2.74. The highest BCUT2D eigenvalue weighted by atomic mass is 19.4. The molecule has 0 spiro atoms. The Morgan fingerprint density at radius 1 is 0.608 bits per heavy atom. The van der Waals surface area contributed by atoms with E-state index in [0.29, 0.717) is 21.9 Å². The number of rotatable bonds is 8. The van der Waals surface area contributed by atoms with Crippen molar-refractivity contribution in [2.24, 2.45) is 0 Å². The van der Waals surface area contributed by atoms with Gasteiger partial charge in [0.15, 0.2) is 6.79 Å². The SMILES string of the molecule is CN1C(=O)c2ccc(OCOC(c3cccc(C(F)(OC(=O)c4ccc5c(c4)C(=O)N(C)C5=O)C(F)(F)F)c3)(C(F)(F)F)C(F)(F)F)cc2C1=O. The van der Waals surface area contributed by atoms with E-state index in [-0.39, 0.29) is 34.9 Å². The van der Waals surface area contributed by atoms with Crippen LogP contribution in [0.4, 0.5) is 43.9 Å². The Morgan fingerprint density at radius 2 is 1.10 bits per heavy atom. The third-order valence-electron chi connectivity index (χ3n) is 7.92. The zero-order valence-corrected chi connectivity index (χ0v) is 25.4. The molecule has 270 valence electrons. The lowest BCUT2D eigenvalue weighted by Gasteiger charge is -2.37. The van der Waals surface area contributed by atoms with E-state index in [1.807, 2.05) is 0 Å². The summed E-state index contributed by atoms with van der Waals surface area (Å²) in [6.45, 7) is -1.91. The molecule has 2 aliphatic rings. The normalized spacial score (nSPS) is 16.3. The van der Waals surface area contributed by atoms with E-state index in [2.05, 4.69) is 9.47 Å². The minimum absolute atomic E-state index is 0.0260. The van der Waals surface area contributed by atoms with E-state index in [0.717, 1.165) is 38.4 Å². The molecule has 0 radical (unpaired) electrons. The Morgan fingerprint density at radius 3 is 1.63 bits per heavy atom. The molecule has 5 rings (SSSR count). The van der Waals surface area contributed by atoms with E-state index in [1.165, 1.54) is 0 Å². The summed E-state index contributed by atoms with van der Waals surface area (Å²) < 4.78 is 158. The van der Waals surface area contributed by atoms with Crippen LogP contribution in [0.25, 0.3) is 0 Å². The lowest BCUT2D eigenvalue weighted by atomic mass is 9.89. The quantitative estimate of drug-likeness (QED) is 0.119. The molecule has 3 aromatic carbocycles. The van der Waals surface area contributed by atoms with Gasteiger partial charge in [0.25, 0.3) is 29.2 Å². The Labute approximate surface area is 278 Å². The average Bonchev–Trinajstić information content (AvgIpc) is 3.39. The van der Waals surface area contributed by atoms with Crippen molar-refractivity contribution in [3.05, 3.63) is 99.6 Å². The molecule has 2 aliphatic heterocycles. The third-order valence-corrected chi connectivity index (χ3v) is 7.92. The van der Waals surface area contributed by atoms with Crippen molar-refractivity contribution in [3.63, 3.8) is 0 Å². The molecule has 51 heavy (non-hydrogen) atoms. The van der Waals surface area contributed by atoms with Crippen molar-refractivity contribution < 1.29 is 82.1 Å². The lowest BCUT2D eigenvalue weighted by molar-refractivity contribution is -0.397. The van der Waals surface area contributed by atoms with Crippen molar-refractivity contribution in [1.29, 1.82) is 0 Å². The van der Waals surface area contributed by atoms with Crippen LogP contribution in [0.15, 0.2) is 60.7 Å². The number of nitrogens with zero attached hydrogens (tertiary/aromatic N) is 2. The largest absolute Gasteiger partial charge is 0.467 e. The van der Waals surface area contributed by atoms with Gasteiger partial charge in [-0.05, 0) is 42.5 Å². The molecule has 0 aromatic heterocycles. The molecule has 0 saturated carbocycles. The van der Waals surface area contributed by atoms with Gasteiger partial charge in [-0.15, -0.1) is 0 Å². The molecule has 1 atom stereocenters. The second-order valence-corrected chi connectivity index (χ2v) is 11.0. The molecule has 0 aliphatic carbocycles. The summed E-state index contributed by atoms with van der Waals surface area (Å²) in [6, 6.07) is 4.63. The number of ether oxygens (including phenoxy) is 3. The van der Waals surface area contributed by atoms with Crippen molar-refractivity contribution in [2.75, 3.05) is 20.9 Å². The summed E-state index contributed by atoms with van der Waals surface area (Å²) >= 11 is 0. The Hall–Kier alpha value is -5.53. The Balaban J connectivity index is 1.50. The minimum Gasteiger partial charge on any atom is -0.467 e. The third kappa shape index (κ3) is 5.81. The smallest absolute Gasteiger partial charge is 0.465 e. The first-order chi connectivity index (χ1) is 23.5. The number of carbonyl (C=O) groups is 5. The summed E-state index contributed by atoms with van der Waals surface area (Å²) in [7, 11) is 2.15. The van der Waals surface area contributed by atoms with Gasteiger partial charge in [0, 0.05) is 25.2 Å². The van der Waals surface area contributed by atoms with Crippen LogP contribution in [0.3, 0.4) is 0 Å². The predicted octanol–water partition coefficient (Wildman–Crippen LogP) is 6.05. The van der Waals surface area contributed by atoms with Crippen molar-refractivity contribution in [2.45, 2.75) is 30.0 Å². The van der Waals surface area contributed by atoms with E-state index in [9.17, 15) is 63.5 Å². The number of amides is 4. The average molecular weight is 736 g/mol.